The summed E-state index contributed by atoms with van der Waals surface area (Å²) in [4.78, 5) is 17.9. The molecule has 0 atom stereocenters. The van der Waals surface area contributed by atoms with E-state index >= 15 is 0 Å². The van der Waals surface area contributed by atoms with Crippen LogP contribution in [0.15, 0.2) is 47.5 Å². The molecule has 0 aliphatic carbocycles. The Balaban J connectivity index is 2.17. The van der Waals surface area contributed by atoms with Crippen molar-refractivity contribution >= 4 is 69.4 Å². The van der Waals surface area contributed by atoms with Crippen LogP contribution >= 0.6 is 46.4 Å². The van der Waals surface area contributed by atoms with Crippen molar-refractivity contribution in [2.45, 2.75) is 20.8 Å². The molecule has 1 amide bonds. The number of hydrogen-bond acceptors (Lipinski definition) is 3. The third kappa shape index (κ3) is 5.34. The van der Waals surface area contributed by atoms with Gasteiger partial charge in [-0.2, -0.15) is 0 Å². The number of halogens is 4. The van der Waals surface area contributed by atoms with Crippen LogP contribution in [0.3, 0.4) is 0 Å². The van der Waals surface area contributed by atoms with Gasteiger partial charge in [0.05, 0.1) is 26.4 Å². The van der Waals surface area contributed by atoms with Crippen LogP contribution in [0.5, 0.6) is 5.75 Å². The van der Waals surface area contributed by atoms with E-state index in [9.17, 15) is 9.90 Å². The van der Waals surface area contributed by atoms with Gasteiger partial charge in [0.15, 0.2) is 5.75 Å². The number of phenolic OH excluding ortho intramolecular Hbond substituents is 1. The fraction of sp³-hybridized carbons (Fsp3) is 0.130. The Morgan fingerprint density at radius 2 is 1.45 bits per heavy atom. The Labute approximate surface area is 200 Å². The average molecular weight is 496 g/mol. The lowest BCUT2D eigenvalue weighted by atomic mass is 9.95. The molecule has 8 heteroatoms. The van der Waals surface area contributed by atoms with E-state index in [0.29, 0.717) is 27.0 Å². The summed E-state index contributed by atoms with van der Waals surface area (Å²) in [6.45, 7) is 5.79. The lowest BCUT2D eigenvalue weighted by molar-refractivity contribution is -0.110. The average Bonchev–Trinajstić information content (AvgIpc) is 2.67. The van der Waals surface area contributed by atoms with Gasteiger partial charge in [0.2, 0.25) is 0 Å². The van der Waals surface area contributed by atoms with Gasteiger partial charge in [0.1, 0.15) is 5.71 Å². The van der Waals surface area contributed by atoms with E-state index in [4.69, 9.17) is 46.4 Å². The third-order valence-electron chi connectivity index (χ3n) is 4.55. The summed E-state index contributed by atoms with van der Waals surface area (Å²) >= 11 is 24.4. The number of nitrogens with one attached hydrogen (secondary N) is 1. The number of anilines is 1. The molecular formula is C23H18Cl4N2O2. The van der Waals surface area contributed by atoms with Gasteiger partial charge in [0, 0.05) is 10.6 Å². The van der Waals surface area contributed by atoms with Gasteiger partial charge in [0.25, 0.3) is 5.91 Å². The number of carbonyl (C=O) groups is 1. The zero-order chi connectivity index (χ0) is 22.9. The van der Waals surface area contributed by atoms with Crippen LogP contribution < -0.4 is 5.32 Å². The molecule has 0 saturated carbocycles. The second-order valence-electron chi connectivity index (χ2n) is 7.07. The summed E-state index contributed by atoms with van der Waals surface area (Å²) in [6, 6.07) is 11.6. The van der Waals surface area contributed by atoms with E-state index in [1.54, 1.807) is 18.2 Å². The summed E-state index contributed by atoms with van der Waals surface area (Å²) in [7, 11) is 0. The molecule has 0 aliphatic rings. The van der Waals surface area contributed by atoms with Crippen molar-refractivity contribution in [2.24, 2.45) is 4.99 Å². The minimum Gasteiger partial charge on any atom is -0.505 e. The minimum atomic E-state index is -0.487. The maximum atomic E-state index is 13.3. The Morgan fingerprint density at radius 3 is 2.03 bits per heavy atom. The maximum absolute atomic E-state index is 13.3. The highest BCUT2D eigenvalue weighted by Gasteiger charge is 2.21. The van der Waals surface area contributed by atoms with Crippen LogP contribution in [-0.2, 0) is 4.79 Å². The molecule has 0 spiro atoms. The number of rotatable bonds is 4. The van der Waals surface area contributed by atoms with Gasteiger partial charge in [-0.3, -0.25) is 4.79 Å². The minimum absolute atomic E-state index is 0.0289. The maximum Gasteiger partial charge on any atom is 0.274 e. The fourth-order valence-corrected chi connectivity index (χ4v) is 4.11. The molecule has 3 rings (SSSR count). The highest BCUT2D eigenvalue weighted by atomic mass is 35.5. The number of nitrogens with zero attached hydrogens (tertiary/aromatic N) is 1. The molecule has 0 unspecified atom stereocenters. The second-order valence-corrected chi connectivity index (χ2v) is 8.73. The van der Waals surface area contributed by atoms with E-state index in [2.05, 4.69) is 10.3 Å². The predicted molar refractivity (Wildman–Crippen MR) is 130 cm³/mol. The molecule has 0 bridgehead atoms. The Bertz CT molecular complexity index is 1180. The molecule has 0 fully saturated rings. The number of aromatic hydroxyl groups is 1. The van der Waals surface area contributed by atoms with Crippen molar-refractivity contribution in [3.05, 3.63) is 84.8 Å². The van der Waals surface area contributed by atoms with Crippen molar-refractivity contribution in [2.75, 3.05) is 5.32 Å². The lowest BCUT2D eigenvalue weighted by Crippen LogP contribution is -2.25. The number of aryl methyl sites for hydroxylation is 3. The summed E-state index contributed by atoms with van der Waals surface area (Å²) in [5.41, 5.74) is 4.29. The first-order valence-corrected chi connectivity index (χ1v) is 10.7. The van der Waals surface area contributed by atoms with Gasteiger partial charge >= 0.3 is 0 Å². The first-order valence-electron chi connectivity index (χ1n) is 9.18. The zero-order valence-corrected chi connectivity index (χ0v) is 19.9. The van der Waals surface area contributed by atoms with Crippen molar-refractivity contribution in [1.29, 1.82) is 0 Å². The lowest BCUT2D eigenvalue weighted by Gasteiger charge is -2.15. The van der Waals surface area contributed by atoms with E-state index in [1.165, 1.54) is 12.1 Å². The van der Waals surface area contributed by atoms with Crippen molar-refractivity contribution in [3.8, 4) is 5.75 Å². The highest BCUT2D eigenvalue weighted by molar-refractivity contribution is 6.50. The van der Waals surface area contributed by atoms with Gasteiger partial charge in [-0.15, -0.1) is 0 Å². The van der Waals surface area contributed by atoms with Crippen LogP contribution in [-0.4, -0.2) is 16.7 Å². The number of carbonyl (C=O) groups excluding carboxylic acids is 1. The fourth-order valence-electron chi connectivity index (χ4n) is 3.29. The number of hydrogen-bond donors (Lipinski definition) is 2. The molecule has 3 aromatic carbocycles. The van der Waals surface area contributed by atoms with E-state index in [-0.39, 0.29) is 21.5 Å². The first-order chi connectivity index (χ1) is 14.6. The molecular weight excluding hydrogens is 478 g/mol. The Hall–Kier alpha value is -2.24. The van der Waals surface area contributed by atoms with Crippen LogP contribution in [0.25, 0.3) is 0 Å². The molecule has 0 radical (unpaired) electrons. The standard InChI is InChI=1S/C23H18Cl4N2O2/c1-11-6-12(2)20(13(3)7-11)21(28-15-9-17(26)22(30)18(27)10-15)23(31)29-19-8-14(24)4-5-16(19)25/h4-10,30H,1-3H3,(H,29,31). The number of amides is 1. The van der Waals surface area contributed by atoms with Gasteiger partial charge in [-0.25, -0.2) is 4.99 Å². The number of aliphatic imine (C=N–C) groups is 1. The van der Waals surface area contributed by atoms with Gasteiger partial charge < -0.3 is 10.4 Å². The molecule has 4 nitrogen and oxygen atoms in total. The molecule has 2 N–H and O–H groups in total. The summed E-state index contributed by atoms with van der Waals surface area (Å²) in [5.74, 6) is -0.735. The van der Waals surface area contributed by atoms with E-state index in [0.717, 1.165) is 16.7 Å². The van der Waals surface area contributed by atoms with Crippen LogP contribution in [0.4, 0.5) is 11.4 Å². The topological polar surface area (TPSA) is 61.7 Å². The van der Waals surface area contributed by atoms with Crippen molar-refractivity contribution in [1.82, 2.24) is 0 Å². The number of phenols is 1. The predicted octanol–water partition coefficient (Wildman–Crippen LogP) is 7.69. The van der Waals surface area contributed by atoms with Crippen LogP contribution in [0.1, 0.15) is 22.3 Å². The monoisotopic (exact) mass is 494 g/mol. The molecule has 3 aromatic rings. The van der Waals surface area contributed by atoms with Gasteiger partial charge in [-0.1, -0.05) is 64.1 Å². The molecule has 160 valence electrons. The van der Waals surface area contributed by atoms with Gasteiger partial charge in [-0.05, 0) is 62.2 Å². The Kier molecular flexibility index (Phi) is 7.17. The molecule has 0 saturated heterocycles. The third-order valence-corrected chi connectivity index (χ3v) is 5.69. The zero-order valence-electron chi connectivity index (χ0n) is 16.9. The molecule has 31 heavy (non-hydrogen) atoms. The number of benzene rings is 3. The SMILES string of the molecule is Cc1cc(C)c(C(=Nc2cc(Cl)c(O)c(Cl)c2)C(=O)Nc2cc(Cl)ccc2Cl)c(C)c1. The van der Waals surface area contributed by atoms with Crippen molar-refractivity contribution < 1.29 is 9.90 Å². The molecule has 0 heterocycles. The molecule has 0 aliphatic heterocycles. The second kappa shape index (κ2) is 9.49. The van der Waals surface area contributed by atoms with Crippen LogP contribution in [0, 0.1) is 20.8 Å². The summed E-state index contributed by atoms with van der Waals surface area (Å²) < 4.78 is 0. The van der Waals surface area contributed by atoms with Crippen molar-refractivity contribution in [3.63, 3.8) is 0 Å². The highest BCUT2D eigenvalue weighted by Crippen LogP contribution is 2.36. The quantitative estimate of drug-likeness (QED) is 0.364. The summed E-state index contributed by atoms with van der Waals surface area (Å²) in [6.07, 6.45) is 0. The summed E-state index contributed by atoms with van der Waals surface area (Å²) in [5, 5.41) is 13.4. The molecule has 0 aromatic heterocycles. The van der Waals surface area contributed by atoms with E-state index < -0.39 is 5.91 Å². The largest absolute Gasteiger partial charge is 0.505 e. The van der Waals surface area contributed by atoms with Crippen LogP contribution in [0.2, 0.25) is 20.1 Å². The van der Waals surface area contributed by atoms with E-state index in [1.807, 2.05) is 32.9 Å². The Morgan fingerprint density at radius 1 is 0.871 bits per heavy atom. The normalized spacial score (nSPS) is 11.5. The first kappa shape index (κ1) is 23.4. The smallest absolute Gasteiger partial charge is 0.274 e.